The molecule has 0 fully saturated rings. The summed E-state index contributed by atoms with van der Waals surface area (Å²) in [6.07, 6.45) is 1.95. The molecule has 0 saturated heterocycles. The summed E-state index contributed by atoms with van der Waals surface area (Å²) in [6.45, 7) is 3.89. The van der Waals surface area contributed by atoms with E-state index in [9.17, 15) is 5.11 Å². The number of aromatic nitrogens is 2. The van der Waals surface area contributed by atoms with Gasteiger partial charge in [-0.25, -0.2) is 0 Å². The lowest BCUT2D eigenvalue weighted by Crippen LogP contribution is -1.99. The van der Waals surface area contributed by atoms with Crippen LogP contribution < -0.4 is 0 Å². The molecule has 2 rings (SSSR count). The van der Waals surface area contributed by atoms with Gasteiger partial charge in [0.05, 0.1) is 17.1 Å². The fraction of sp³-hybridized carbons (Fsp3) is 0.333. The van der Waals surface area contributed by atoms with Gasteiger partial charge in [-0.15, -0.1) is 0 Å². The van der Waals surface area contributed by atoms with Gasteiger partial charge in [0.1, 0.15) is 0 Å². The van der Waals surface area contributed by atoms with E-state index in [1.54, 1.807) is 6.20 Å². The van der Waals surface area contributed by atoms with E-state index in [4.69, 9.17) is 0 Å². The molecule has 2 aromatic rings. The third kappa shape index (κ3) is 1.83. The van der Waals surface area contributed by atoms with Gasteiger partial charge in [-0.2, -0.15) is 0 Å². The molecule has 0 bridgehead atoms. The van der Waals surface area contributed by atoms with Crippen LogP contribution >= 0.6 is 0 Å². The zero-order valence-corrected chi connectivity index (χ0v) is 8.94. The molecule has 1 atom stereocenters. The first-order chi connectivity index (χ1) is 7.22. The standard InChI is InChI=1S/C12H14N2O/c1-3-11(15)9-6-7-13-10-5-4-8(2)14-12(9)10/h4-7,11,15H,3H2,1-2H3. The number of fused-ring (bicyclic) bond motifs is 1. The number of rotatable bonds is 2. The molecule has 15 heavy (non-hydrogen) atoms. The predicted molar refractivity (Wildman–Crippen MR) is 59.5 cm³/mol. The van der Waals surface area contributed by atoms with Crippen molar-refractivity contribution in [1.82, 2.24) is 9.97 Å². The highest BCUT2D eigenvalue weighted by atomic mass is 16.3. The van der Waals surface area contributed by atoms with Gasteiger partial charge < -0.3 is 5.11 Å². The molecule has 2 aromatic heterocycles. The molecular formula is C12H14N2O. The molecule has 3 heteroatoms. The van der Waals surface area contributed by atoms with Gasteiger partial charge >= 0.3 is 0 Å². The maximum atomic E-state index is 9.85. The SMILES string of the molecule is CCC(O)c1ccnc2ccc(C)nc12. The highest BCUT2D eigenvalue weighted by Gasteiger charge is 2.10. The van der Waals surface area contributed by atoms with Crippen molar-refractivity contribution in [3.63, 3.8) is 0 Å². The van der Waals surface area contributed by atoms with Gasteiger partial charge in [0.15, 0.2) is 0 Å². The molecular weight excluding hydrogens is 188 g/mol. The second-order valence-corrected chi connectivity index (χ2v) is 3.64. The maximum Gasteiger partial charge on any atom is 0.0947 e. The van der Waals surface area contributed by atoms with Crippen molar-refractivity contribution in [2.24, 2.45) is 0 Å². The van der Waals surface area contributed by atoms with E-state index < -0.39 is 6.10 Å². The molecule has 0 saturated carbocycles. The van der Waals surface area contributed by atoms with E-state index in [2.05, 4.69) is 9.97 Å². The summed E-state index contributed by atoms with van der Waals surface area (Å²) in [4.78, 5) is 8.65. The van der Waals surface area contributed by atoms with Crippen molar-refractivity contribution in [2.75, 3.05) is 0 Å². The topological polar surface area (TPSA) is 46.0 Å². The van der Waals surface area contributed by atoms with Crippen LogP contribution in [0, 0.1) is 6.92 Å². The number of aryl methyl sites for hydroxylation is 1. The van der Waals surface area contributed by atoms with Crippen molar-refractivity contribution in [3.8, 4) is 0 Å². The third-order valence-electron chi connectivity index (χ3n) is 2.50. The summed E-state index contributed by atoms with van der Waals surface area (Å²) >= 11 is 0. The van der Waals surface area contributed by atoms with Crippen LogP contribution in [0.25, 0.3) is 11.0 Å². The van der Waals surface area contributed by atoms with E-state index >= 15 is 0 Å². The Hall–Kier alpha value is -1.48. The molecule has 1 N–H and O–H groups in total. The van der Waals surface area contributed by atoms with Crippen molar-refractivity contribution in [3.05, 3.63) is 35.7 Å². The van der Waals surface area contributed by atoms with Crippen LogP contribution in [0.5, 0.6) is 0 Å². The summed E-state index contributed by atoms with van der Waals surface area (Å²) in [6, 6.07) is 5.70. The van der Waals surface area contributed by atoms with Crippen molar-refractivity contribution < 1.29 is 5.11 Å². The summed E-state index contributed by atoms with van der Waals surface area (Å²) < 4.78 is 0. The van der Waals surface area contributed by atoms with Crippen molar-refractivity contribution in [2.45, 2.75) is 26.4 Å². The average Bonchev–Trinajstić information content (AvgIpc) is 2.27. The Bertz CT molecular complexity index is 482. The largest absolute Gasteiger partial charge is 0.388 e. The smallest absolute Gasteiger partial charge is 0.0947 e. The highest BCUT2D eigenvalue weighted by Crippen LogP contribution is 2.23. The lowest BCUT2D eigenvalue weighted by Gasteiger charge is -2.10. The van der Waals surface area contributed by atoms with E-state index in [1.165, 1.54) is 0 Å². The Labute approximate surface area is 88.8 Å². The van der Waals surface area contributed by atoms with Gasteiger partial charge in [0, 0.05) is 17.5 Å². The van der Waals surface area contributed by atoms with E-state index in [0.717, 1.165) is 22.3 Å². The molecule has 0 spiro atoms. The number of pyridine rings is 2. The molecule has 78 valence electrons. The minimum Gasteiger partial charge on any atom is -0.388 e. The maximum absolute atomic E-state index is 9.85. The van der Waals surface area contributed by atoms with Crippen LogP contribution in [-0.2, 0) is 0 Å². The Balaban J connectivity index is 2.68. The van der Waals surface area contributed by atoms with E-state index in [0.29, 0.717) is 6.42 Å². The normalized spacial score (nSPS) is 13.0. The second kappa shape index (κ2) is 3.95. The van der Waals surface area contributed by atoms with Crippen LogP contribution in [0.4, 0.5) is 0 Å². The molecule has 3 nitrogen and oxygen atoms in total. The molecule has 0 aromatic carbocycles. The number of aliphatic hydroxyl groups is 1. The molecule has 0 amide bonds. The van der Waals surface area contributed by atoms with Crippen molar-refractivity contribution >= 4 is 11.0 Å². The summed E-state index contributed by atoms with van der Waals surface area (Å²) in [5.41, 5.74) is 3.46. The molecule has 0 aliphatic rings. The lowest BCUT2D eigenvalue weighted by molar-refractivity contribution is 0.175. The molecule has 2 heterocycles. The zero-order valence-electron chi connectivity index (χ0n) is 8.94. The Morgan fingerprint density at radius 2 is 2.13 bits per heavy atom. The number of hydrogen-bond donors (Lipinski definition) is 1. The Morgan fingerprint density at radius 1 is 1.33 bits per heavy atom. The quantitative estimate of drug-likeness (QED) is 0.813. The van der Waals surface area contributed by atoms with Crippen LogP contribution in [0.1, 0.15) is 30.7 Å². The first kappa shape index (κ1) is 10.1. The minimum atomic E-state index is -0.454. The molecule has 0 aliphatic carbocycles. The molecule has 1 unspecified atom stereocenters. The molecule has 0 radical (unpaired) electrons. The minimum absolute atomic E-state index is 0.454. The fourth-order valence-electron chi connectivity index (χ4n) is 1.63. The lowest BCUT2D eigenvalue weighted by atomic mass is 10.1. The Morgan fingerprint density at radius 3 is 2.87 bits per heavy atom. The van der Waals surface area contributed by atoms with Crippen LogP contribution in [0.15, 0.2) is 24.4 Å². The zero-order chi connectivity index (χ0) is 10.8. The number of aliphatic hydroxyl groups excluding tert-OH is 1. The van der Waals surface area contributed by atoms with Crippen LogP contribution in [0.2, 0.25) is 0 Å². The predicted octanol–water partition coefficient (Wildman–Crippen LogP) is 2.38. The summed E-state index contributed by atoms with van der Waals surface area (Å²) in [7, 11) is 0. The van der Waals surface area contributed by atoms with Gasteiger partial charge in [0.25, 0.3) is 0 Å². The third-order valence-corrected chi connectivity index (χ3v) is 2.50. The average molecular weight is 202 g/mol. The van der Waals surface area contributed by atoms with Gasteiger partial charge in [-0.3, -0.25) is 9.97 Å². The summed E-state index contributed by atoms with van der Waals surface area (Å²) in [5, 5.41) is 9.85. The monoisotopic (exact) mass is 202 g/mol. The first-order valence-electron chi connectivity index (χ1n) is 5.12. The van der Waals surface area contributed by atoms with E-state index in [1.807, 2.05) is 32.0 Å². The first-order valence-corrected chi connectivity index (χ1v) is 5.12. The van der Waals surface area contributed by atoms with Gasteiger partial charge in [-0.1, -0.05) is 6.92 Å². The fourth-order valence-corrected chi connectivity index (χ4v) is 1.63. The van der Waals surface area contributed by atoms with E-state index in [-0.39, 0.29) is 0 Å². The number of nitrogens with zero attached hydrogens (tertiary/aromatic N) is 2. The molecule has 0 aliphatic heterocycles. The van der Waals surface area contributed by atoms with Crippen LogP contribution in [0.3, 0.4) is 0 Å². The second-order valence-electron chi connectivity index (χ2n) is 3.64. The highest BCUT2D eigenvalue weighted by molar-refractivity contribution is 5.78. The summed E-state index contributed by atoms with van der Waals surface area (Å²) in [5.74, 6) is 0. The van der Waals surface area contributed by atoms with Gasteiger partial charge in [0.2, 0.25) is 0 Å². The van der Waals surface area contributed by atoms with Gasteiger partial charge in [-0.05, 0) is 31.5 Å². The Kier molecular flexibility index (Phi) is 2.64. The van der Waals surface area contributed by atoms with Crippen molar-refractivity contribution in [1.29, 1.82) is 0 Å². The van der Waals surface area contributed by atoms with Crippen LogP contribution in [-0.4, -0.2) is 15.1 Å². The number of hydrogen-bond acceptors (Lipinski definition) is 3.